The molecular formula is C16H17ClN4O4. The summed E-state index contributed by atoms with van der Waals surface area (Å²) in [7, 11) is 0. The van der Waals surface area contributed by atoms with E-state index < -0.39 is 18.6 Å². The van der Waals surface area contributed by atoms with Crippen LogP contribution < -0.4 is 15.4 Å². The largest absolute Gasteiger partial charge is 0.489 e. The van der Waals surface area contributed by atoms with Crippen LogP contribution in [0.15, 0.2) is 46.9 Å². The van der Waals surface area contributed by atoms with Gasteiger partial charge in [0.15, 0.2) is 0 Å². The van der Waals surface area contributed by atoms with E-state index in [0.717, 1.165) is 6.21 Å². The Bertz CT molecular complexity index is 746. The molecule has 0 radical (unpaired) electrons. The summed E-state index contributed by atoms with van der Waals surface area (Å²) in [6.07, 6.45) is 4.56. The minimum Gasteiger partial charge on any atom is -0.489 e. The number of nitrogens with zero attached hydrogens (tertiary/aromatic N) is 1. The first kappa shape index (κ1) is 18.7. The lowest BCUT2D eigenvalue weighted by molar-refractivity contribution is -0.112. The summed E-state index contributed by atoms with van der Waals surface area (Å²) < 4.78 is 5.39. The van der Waals surface area contributed by atoms with E-state index in [9.17, 15) is 9.90 Å². The molecule has 1 heterocycles. The maximum absolute atomic E-state index is 12.5. The molecule has 1 aliphatic rings. The molecule has 1 atom stereocenters. The first-order valence-corrected chi connectivity index (χ1v) is 7.66. The zero-order valence-electron chi connectivity index (χ0n) is 13.1. The third-order valence-electron chi connectivity index (χ3n) is 3.08. The number of anilines is 1. The number of hydrogen-bond acceptors (Lipinski definition) is 7. The predicted molar refractivity (Wildman–Crippen MR) is 95.2 cm³/mol. The third kappa shape index (κ3) is 5.15. The maximum Gasteiger partial charge on any atom is 0.261 e. The maximum atomic E-state index is 12.5. The fraction of sp³-hybridized carbons (Fsp3) is 0.188. The van der Waals surface area contributed by atoms with Crippen LogP contribution in [0.3, 0.4) is 0 Å². The van der Waals surface area contributed by atoms with Gasteiger partial charge in [0, 0.05) is 23.7 Å². The van der Waals surface area contributed by atoms with Gasteiger partial charge in [0.2, 0.25) is 0 Å². The highest BCUT2D eigenvalue weighted by Crippen LogP contribution is 2.28. The van der Waals surface area contributed by atoms with E-state index in [1.54, 1.807) is 18.3 Å². The number of ether oxygens (including phenoxy) is 1. The number of carbonyl (C=O) groups excluding carboxylic acids is 1. The molecule has 1 aliphatic heterocycles. The second-order valence-corrected chi connectivity index (χ2v) is 5.37. The quantitative estimate of drug-likeness (QED) is 0.365. The van der Waals surface area contributed by atoms with Crippen LogP contribution in [0.4, 0.5) is 5.69 Å². The number of aliphatic imine (C=N–C) groups is 1. The Balaban J connectivity index is 2.21. The van der Waals surface area contributed by atoms with Gasteiger partial charge < -0.3 is 31.0 Å². The highest BCUT2D eigenvalue weighted by atomic mass is 35.5. The summed E-state index contributed by atoms with van der Waals surface area (Å²) >= 11 is 5.95. The molecule has 0 aliphatic carbocycles. The molecule has 2 rings (SSSR count). The molecular weight excluding hydrogens is 348 g/mol. The lowest BCUT2D eigenvalue weighted by Crippen LogP contribution is -2.23. The summed E-state index contributed by atoms with van der Waals surface area (Å²) in [6, 6.07) is 4.56. The first-order chi connectivity index (χ1) is 12.0. The Morgan fingerprint density at radius 3 is 2.96 bits per heavy atom. The van der Waals surface area contributed by atoms with Crippen molar-refractivity contribution in [1.29, 1.82) is 5.41 Å². The number of carbonyl (C=O) groups is 1. The summed E-state index contributed by atoms with van der Waals surface area (Å²) in [5.41, 5.74) is 0.278. The predicted octanol–water partition coefficient (Wildman–Crippen LogP) is 1.06. The summed E-state index contributed by atoms with van der Waals surface area (Å²) in [5, 5.41) is 31.4. The number of halogens is 1. The zero-order chi connectivity index (χ0) is 18.2. The average molecular weight is 365 g/mol. The van der Waals surface area contributed by atoms with Crippen LogP contribution in [0.5, 0.6) is 5.75 Å². The van der Waals surface area contributed by atoms with Gasteiger partial charge in [-0.1, -0.05) is 11.6 Å². The molecule has 1 aromatic rings. The van der Waals surface area contributed by atoms with Gasteiger partial charge in [-0.15, -0.1) is 0 Å². The number of allylic oxidation sites excluding steroid dienone is 1. The number of aliphatic hydroxyl groups excluding tert-OH is 2. The summed E-state index contributed by atoms with van der Waals surface area (Å²) in [4.78, 5) is 16.5. The van der Waals surface area contributed by atoms with E-state index >= 15 is 0 Å². The molecule has 0 saturated heterocycles. The van der Waals surface area contributed by atoms with Gasteiger partial charge in [-0.3, -0.25) is 4.79 Å². The third-order valence-corrected chi connectivity index (χ3v) is 3.32. The molecule has 5 N–H and O–H groups in total. The van der Waals surface area contributed by atoms with E-state index in [-0.39, 0.29) is 29.4 Å². The Hall–Kier alpha value is -2.68. The Kier molecular flexibility index (Phi) is 6.70. The van der Waals surface area contributed by atoms with Gasteiger partial charge in [-0.2, -0.15) is 0 Å². The smallest absolute Gasteiger partial charge is 0.261 e. The Morgan fingerprint density at radius 2 is 2.32 bits per heavy atom. The Morgan fingerprint density at radius 1 is 1.52 bits per heavy atom. The molecule has 9 heteroatoms. The van der Waals surface area contributed by atoms with Crippen molar-refractivity contribution >= 4 is 35.6 Å². The molecule has 25 heavy (non-hydrogen) atoms. The SMILES string of the molecule is N=C/C(C(=O)Nc1cc(Cl)ccc1OCC(O)CO)=C1/N=CC=CN1. The van der Waals surface area contributed by atoms with Crippen molar-refractivity contribution in [2.45, 2.75) is 6.10 Å². The highest BCUT2D eigenvalue weighted by Gasteiger charge is 2.17. The van der Waals surface area contributed by atoms with Gasteiger partial charge in [-0.25, -0.2) is 4.99 Å². The molecule has 0 bridgehead atoms. The number of benzene rings is 1. The van der Waals surface area contributed by atoms with Crippen molar-refractivity contribution in [3.05, 3.63) is 46.9 Å². The molecule has 0 spiro atoms. The van der Waals surface area contributed by atoms with E-state index in [1.165, 1.54) is 18.3 Å². The number of hydrogen-bond donors (Lipinski definition) is 5. The normalized spacial score (nSPS) is 16.0. The van der Waals surface area contributed by atoms with Crippen LogP contribution in [-0.4, -0.2) is 47.9 Å². The zero-order valence-corrected chi connectivity index (χ0v) is 13.8. The topological polar surface area (TPSA) is 127 Å². The van der Waals surface area contributed by atoms with Crippen LogP contribution in [0.2, 0.25) is 5.02 Å². The van der Waals surface area contributed by atoms with E-state index in [2.05, 4.69) is 15.6 Å². The minimum absolute atomic E-state index is 0.0157. The van der Waals surface area contributed by atoms with Crippen molar-refractivity contribution in [3.63, 3.8) is 0 Å². The van der Waals surface area contributed by atoms with E-state index in [0.29, 0.717) is 5.02 Å². The van der Waals surface area contributed by atoms with Gasteiger partial charge in [0.25, 0.3) is 5.91 Å². The second-order valence-electron chi connectivity index (χ2n) is 4.93. The number of nitrogens with one attached hydrogen (secondary N) is 3. The number of rotatable bonds is 7. The van der Waals surface area contributed by atoms with Crippen LogP contribution in [0.25, 0.3) is 0 Å². The molecule has 0 fully saturated rings. The minimum atomic E-state index is -1.05. The standard InChI is InChI=1S/C16H17ClN4O4/c17-10-2-3-14(25-9-11(23)8-22)13(6-10)21-16(24)12(7-18)15-19-4-1-5-20-15/h1-7,11,18-19,22-23H,8-9H2,(H,21,24)/b15-12-,18-7?. The van der Waals surface area contributed by atoms with E-state index in [4.69, 9.17) is 26.9 Å². The average Bonchev–Trinajstić information content (AvgIpc) is 2.62. The van der Waals surface area contributed by atoms with Crippen LogP contribution in [0, 0.1) is 5.41 Å². The molecule has 1 aromatic carbocycles. The molecule has 0 aromatic heterocycles. The van der Waals surface area contributed by atoms with Crippen molar-refractivity contribution < 1.29 is 19.7 Å². The monoisotopic (exact) mass is 364 g/mol. The number of amides is 1. The summed E-state index contributed by atoms with van der Waals surface area (Å²) in [6.45, 7) is -0.604. The lowest BCUT2D eigenvalue weighted by atomic mass is 10.2. The molecule has 0 saturated carbocycles. The second kappa shape index (κ2) is 8.97. The van der Waals surface area contributed by atoms with Gasteiger partial charge in [0.05, 0.1) is 17.9 Å². The Labute approximate surface area is 149 Å². The van der Waals surface area contributed by atoms with E-state index in [1.807, 2.05) is 0 Å². The van der Waals surface area contributed by atoms with Crippen LogP contribution in [-0.2, 0) is 4.79 Å². The van der Waals surface area contributed by atoms with Gasteiger partial charge in [-0.05, 0) is 24.3 Å². The van der Waals surface area contributed by atoms with Gasteiger partial charge in [0.1, 0.15) is 24.3 Å². The number of aliphatic hydroxyl groups is 2. The van der Waals surface area contributed by atoms with Crippen molar-refractivity contribution in [1.82, 2.24) is 5.32 Å². The van der Waals surface area contributed by atoms with Crippen LogP contribution >= 0.6 is 11.6 Å². The molecule has 8 nitrogen and oxygen atoms in total. The summed E-state index contributed by atoms with van der Waals surface area (Å²) in [5.74, 6) is -0.0884. The first-order valence-electron chi connectivity index (χ1n) is 7.28. The van der Waals surface area contributed by atoms with Crippen molar-refractivity contribution in [2.24, 2.45) is 4.99 Å². The van der Waals surface area contributed by atoms with Crippen molar-refractivity contribution in [3.8, 4) is 5.75 Å². The molecule has 1 amide bonds. The lowest BCUT2D eigenvalue weighted by Gasteiger charge is -2.15. The van der Waals surface area contributed by atoms with Crippen LogP contribution in [0.1, 0.15) is 0 Å². The highest BCUT2D eigenvalue weighted by molar-refractivity contribution is 6.31. The van der Waals surface area contributed by atoms with Crippen molar-refractivity contribution in [2.75, 3.05) is 18.5 Å². The fourth-order valence-electron chi connectivity index (χ4n) is 1.87. The molecule has 1 unspecified atom stereocenters. The van der Waals surface area contributed by atoms with Gasteiger partial charge >= 0.3 is 0 Å². The fourth-order valence-corrected chi connectivity index (χ4v) is 2.04. The molecule has 132 valence electrons.